The molecule has 1 aliphatic heterocycles. The normalized spacial score (nSPS) is 25.5. The smallest absolute Gasteiger partial charge is 0.410 e. The first-order chi connectivity index (χ1) is 8.68. The summed E-state index contributed by atoms with van der Waals surface area (Å²) in [4.78, 5) is 14.2. The zero-order chi connectivity index (χ0) is 14.7. The van der Waals surface area contributed by atoms with Crippen molar-refractivity contribution in [2.75, 3.05) is 6.54 Å². The Bertz CT molecular complexity index is 312. The first kappa shape index (κ1) is 16.3. The number of hydrogen-bond donors (Lipinski definition) is 1. The monoisotopic (exact) mass is 270 g/mol. The van der Waals surface area contributed by atoms with Gasteiger partial charge in [0.2, 0.25) is 0 Å². The molecule has 19 heavy (non-hydrogen) atoms. The summed E-state index contributed by atoms with van der Waals surface area (Å²) in [5.74, 6) is 0. The average molecular weight is 270 g/mol. The van der Waals surface area contributed by atoms with E-state index >= 15 is 0 Å². The molecule has 4 heteroatoms. The number of amides is 1. The van der Waals surface area contributed by atoms with E-state index < -0.39 is 5.60 Å². The van der Waals surface area contributed by atoms with Gasteiger partial charge in [-0.25, -0.2) is 4.79 Å². The van der Waals surface area contributed by atoms with Crippen LogP contribution in [0.4, 0.5) is 4.79 Å². The van der Waals surface area contributed by atoms with E-state index in [1.165, 1.54) is 0 Å². The van der Waals surface area contributed by atoms with Gasteiger partial charge in [-0.1, -0.05) is 13.3 Å². The van der Waals surface area contributed by atoms with Gasteiger partial charge in [0.05, 0.1) is 0 Å². The van der Waals surface area contributed by atoms with Crippen LogP contribution in [-0.2, 0) is 4.74 Å². The average Bonchev–Trinajstić information content (AvgIpc) is 2.57. The summed E-state index contributed by atoms with van der Waals surface area (Å²) in [7, 11) is 0. The SMILES string of the molecule is CCC[C@H](N)C[C@@]1(C)CCCN1C(=O)OC(C)(C)C. The van der Waals surface area contributed by atoms with Crippen LogP contribution in [0.5, 0.6) is 0 Å². The summed E-state index contributed by atoms with van der Waals surface area (Å²) in [6, 6.07) is 0.165. The lowest BCUT2D eigenvalue weighted by Crippen LogP contribution is -2.49. The molecular formula is C15H30N2O2. The molecule has 1 amide bonds. The van der Waals surface area contributed by atoms with Gasteiger partial charge >= 0.3 is 6.09 Å². The van der Waals surface area contributed by atoms with E-state index in [0.29, 0.717) is 0 Å². The van der Waals surface area contributed by atoms with E-state index in [0.717, 1.165) is 38.6 Å². The Labute approximate surface area is 117 Å². The Balaban J connectivity index is 2.69. The molecule has 0 aromatic rings. The van der Waals surface area contributed by atoms with E-state index in [9.17, 15) is 4.79 Å². The first-order valence-corrected chi connectivity index (χ1v) is 7.44. The third-order valence-corrected chi connectivity index (χ3v) is 3.72. The van der Waals surface area contributed by atoms with Crippen molar-refractivity contribution in [1.29, 1.82) is 0 Å². The van der Waals surface area contributed by atoms with Gasteiger partial charge in [-0.05, 0) is 53.4 Å². The van der Waals surface area contributed by atoms with Crippen LogP contribution >= 0.6 is 0 Å². The third kappa shape index (κ3) is 4.68. The van der Waals surface area contributed by atoms with Crippen molar-refractivity contribution < 1.29 is 9.53 Å². The van der Waals surface area contributed by atoms with Gasteiger partial charge in [0.1, 0.15) is 5.60 Å². The number of carbonyl (C=O) groups excluding carboxylic acids is 1. The number of carbonyl (C=O) groups is 1. The van der Waals surface area contributed by atoms with Crippen LogP contribution < -0.4 is 5.73 Å². The van der Waals surface area contributed by atoms with E-state index in [4.69, 9.17) is 10.5 Å². The minimum absolute atomic E-state index is 0.142. The molecule has 0 aliphatic carbocycles. The maximum absolute atomic E-state index is 12.3. The van der Waals surface area contributed by atoms with E-state index in [1.54, 1.807) is 0 Å². The lowest BCUT2D eigenvalue weighted by atomic mass is 9.89. The molecule has 4 nitrogen and oxygen atoms in total. The number of nitrogens with zero attached hydrogens (tertiary/aromatic N) is 1. The van der Waals surface area contributed by atoms with Gasteiger partial charge in [0.15, 0.2) is 0 Å². The van der Waals surface area contributed by atoms with Crippen LogP contribution in [0.1, 0.15) is 66.7 Å². The molecule has 1 rings (SSSR count). The second-order valence-corrected chi connectivity index (χ2v) is 6.99. The first-order valence-electron chi connectivity index (χ1n) is 7.44. The van der Waals surface area contributed by atoms with Crippen LogP contribution in [0.2, 0.25) is 0 Å². The highest BCUT2D eigenvalue weighted by Crippen LogP contribution is 2.34. The Morgan fingerprint density at radius 3 is 2.63 bits per heavy atom. The van der Waals surface area contributed by atoms with Gasteiger partial charge in [-0.3, -0.25) is 0 Å². The predicted octanol–water partition coefficient (Wildman–Crippen LogP) is 3.29. The molecular weight excluding hydrogens is 240 g/mol. The highest BCUT2D eigenvalue weighted by molar-refractivity contribution is 5.69. The van der Waals surface area contributed by atoms with E-state index in [-0.39, 0.29) is 17.7 Å². The molecule has 0 aromatic carbocycles. The Morgan fingerprint density at radius 1 is 1.47 bits per heavy atom. The zero-order valence-corrected chi connectivity index (χ0v) is 13.2. The number of hydrogen-bond acceptors (Lipinski definition) is 3. The molecule has 2 atom stereocenters. The Kier molecular flexibility index (Phi) is 5.25. The van der Waals surface area contributed by atoms with Crippen LogP contribution in [0.3, 0.4) is 0 Å². The van der Waals surface area contributed by atoms with Crippen molar-refractivity contribution >= 4 is 6.09 Å². The number of likely N-dealkylation sites (tertiary alicyclic amines) is 1. The molecule has 1 aliphatic rings. The molecule has 1 heterocycles. The van der Waals surface area contributed by atoms with Crippen molar-refractivity contribution in [2.24, 2.45) is 5.73 Å². The minimum atomic E-state index is -0.438. The zero-order valence-electron chi connectivity index (χ0n) is 13.2. The van der Waals surface area contributed by atoms with Crippen LogP contribution in [0.15, 0.2) is 0 Å². The number of nitrogens with two attached hydrogens (primary N) is 1. The van der Waals surface area contributed by atoms with Gasteiger partial charge in [-0.2, -0.15) is 0 Å². The molecule has 0 aromatic heterocycles. The maximum Gasteiger partial charge on any atom is 0.410 e. The lowest BCUT2D eigenvalue weighted by molar-refractivity contribution is 0.00831. The minimum Gasteiger partial charge on any atom is -0.444 e. The molecule has 1 saturated heterocycles. The van der Waals surface area contributed by atoms with Crippen LogP contribution in [0, 0.1) is 0 Å². The van der Waals surface area contributed by atoms with Crippen LogP contribution in [0.25, 0.3) is 0 Å². The topological polar surface area (TPSA) is 55.6 Å². The van der Waals surface area contributed by atoms with Crippen molar-refractivity contribution in [3.63, 3.8) is 0 Å². The van der Waals surface area contributed by atoms with Crippen molar-refractivity contribution in [3.8, 4) is 0 Å². The Hall–Kier alpha value is -0.770. The number of rotatable bonds is 4. The fraction of sp³-hybridized carbons (Fsp3) is 0.933. The van der Waals surface area contributed by atoms with Crippen molar-refractivity contribution in [1.82, 2.24) is 4.90 Å². The van der Waals surface area contributed by atoms with Gasteiger partial charge in [-0.15, -0.1) is 0 Å². The molecule has 0 bridgehead atoms. The summed E-state index contributed by atoms with van der Waals surface area (Å²) in [6.45, 7) is 10.8. The van der Waals surface area contributed by atoms with Crippen molar-refractivity contribution in [3.05, 3.63) is 0 Å². The lowest BCUT2D eigenvalue weighted by Gasteiger charge is -2.38. The summed E-state index contributed by atoms with van der Waals surface area (Å²) in [6.07, 6.45) is 4.82. The maximum atomic E-state index is 12.3. The second-order valence-electron chi connectivity index (χ2n) is 6.99. The standard InChI is InChI=1S/C15H30N2O2/c1-6-8-12(16)11-15(5)9-7-10-17(15)13(18)19-14(2,3)4/h12H,6-11,16H2,1-5H3/t12-,15+/m0/s1. The van der Waals surface area contributed by atoms with Crippen molar-refractivity contribution in [2.45, 2.75) is 83.9 Å². The highest BCUT2D eigenvalue weighted by atomic mass is 16.6. The number of ether oxygens (including phenoxy) is 1. The highest BCUT2D eigenvalue weighted by Gasteiger charge is 2.42. The summed E-state index contributed by atoms with van der Waals surface area (Å²) in [5, 5.41) is 0. The third-order valence-electron chi connectivity index (χ3n) is 3.72. The fourth-order valence-corrected chi connectivity index (χ4v) is 2.90. The second kappa shape index (κ2) is 6.12. The molecule has 2 N–H and O–H groups in total. The summed E-state index contributed by atoms with van der Waals surface area (Å²) >= 11 is 0. The predicted molar refractivity (Wildman–Crippen MR) is 78.1 cm³/mol. The Morgan fingerprint density at radius 2 is 2.11 bits per heavy atom. The van der Waals surface area contributed by atoms with Crippen LogP contribution in [-0.4, -0.2) is 34.7 Å². The summed E-state index contributed by atoms with van der Waals surface area (Å²) < 4.78 is 5.50. The molecule has 112 valence electrons. The van der Waals surface area contributed by atoms with Gasteiger partial charge in [0.25, 0.3) is 0 Å². The molecule has 0 radical (unpaired) electrons. The van der Waals surface area contributed by atoms with Gasteiger partial charge < -0.3 is 15.4 Å². The van der Waals surface area contributed by atoms with Gasteiger partial charge in [0, 0.05) is 18.1 Å². The largest absolute Gasteiger partial charge is 0.444 e. The molecule has 0 spiro atoms. The fourth-order valence-electron chi connectivity index (χ4n) is 2.90. The molecule has 0 unspecified atom stereocenters. The van der Waals surface area contributed by atoms with E-state index in [1.807, 2.05) is 25.7 Å². The van der Waals surface area contributed by atoms with E-state index in [2.05, 4.69) is 13.8 Å². The summed E-state index contributed by atoms with van der Waals surface area (Å²) in [5.41, 5.74) is 5.58. The quantitative estimate of drug-likeness (QED) is 0.852. The molecule has 0 saturated carbocycles. The molecule has 1 fully saturated rings.